The van der Waals surface area contributed by atoms with Crippen LogP contribution in [0.4, 0.5) is 0 Å². The van der Waals surface area contributed by atoms with Gasteiger partial charge in [-0.2, -0.15) is 0 Å². The molecule has 1 aromatic carbocycles. The molecule has 3 unspecified atom stereocenters. The summed E-state index contributed by atoms with van der Waals surface area (Å²) in [7, 11) is 0. The van der Waals surface area contributed by atoms with Gasteiger partial charge in [-0.3, -0.25) is 14.4 Å². The molecule has 8 atom stereocenters. The molecule has 2 heterocycles. The number of ketones is 2. The van der Waals surface area contributed by atoms with Crippen LogP contribution in [0.5, 0.6) is 5.75 Å². The van der Waals surface area contributed by atoms with Crippen LogP contribution in [0.15, 0.2) is 35.6 Å². The zero-order valence-corrected chi connectivity index (χ0v) is 31.2. The third-order valence-corrected chi connectivity index (χ3v) is 10.3. The minimum atomic E-state index is -1.51. The van der Waals surface area contributed by atoms with Gasteiger partial charge in [0.15, 0.2) is 12.1 Å². The highest BCUT2D eigenvalue weighted by Crippen LogP contribution is 2.26. The average Bonchev–Trinajstić information content (AvgIpc) is 3.42. The van der Waals surface area contributed by atoms with Crippen molar-refractivity contribution in [2.75, 3.05) is 13.2 Å². The number of aromatic hydroxyl groups is 1. The smallest absolute Gasteiger partial charge is 0.259 e. The molecule has 3 rings (SSSR count). The second kappa shape index (κ2) is 23.8. The van der Waals surface area contributed by atoms with Crippen LogP contribution < -0.4 is 5.32 Å². The number of carbonyl (C=O) groups excluding carboxylic acids is 3. The summed E-state index contributed by atoms with van der Waals surface area (Å²) in [6, 6.07) is 5.73. The number of Topliss-reactive ketones (excluding diaryl/α,β-unsaturated/α-hetero) is 2. The number of phenols is 1. The van der Waals surface area contributed by atoms with Gasteiger partial charge in [0.25, 0.3) is 5.91 Å². The van der Waals surface area contributed by atoms with Crippen molar-refractivity contribution in [3.63, 3.8) is 0 Å². The van der Waals surface area contributed by atoms with Gasteiger partial charge in [0.2, 0.25) is 0 Å². The number of rotatable bonds is 26. The fourth-order valence-corrected chi connectivity index (χ4v) is 6.90. The molecule has 0 aromatic heterocycles. The molecule has 0 bridgehead atoms. The minimum absolute atomic E-state index is 0.0957. The molecule has 13 heteroatoms. The number of unbranched alkanes of at least 4 members (excludes halogenated alkanes) is 11. The highest BCUT2D eigenvalue weighted by atomic mass is 16.7. The number of carbonyl (C=O) groups is 3. The fraction of sp³-hybridized carbons (Fsp3) is 0.725. The summed E-state index contributed by atoms with van der Waals surface area (Å²) in [6.07, 6.45) is 7.90. The lowest BCUT2D eigenvalue weighted by Gasteiger charge is -2.39. The van der Waals surface area contributed by atoms with Crippen LogP contribution in [0.3, 0.4) is 0 Å². The minimum Gasteiger partial charge on any atom is -0.511 e. The van der Waals surface area contributed by atoms with Gasteiger partial charge in [0, 0.05) is 25.2 Å². The summed E-state index contributed by atoms with van der Waals surface area (Å²) in [4.78, 5) is 37.7. The summed E-state index contributed by atoms with van der Waals surface area (Å²) in [5.41, 5.74) is 0.663. The first-order valence-electron chi connectivity index (χ1n) is 19.6. The molecule has 2 fully saturated rings. The Bertz CT molecular complexity index is 1280. The second-order valence-corrected chi connectivity index (χ2v) is 14.8. The van der Waals surface area contributed by atoms with Crippen LogP contribution in [0.1, 0.15) is 122 Å². The molecule has 1 aromatic rings. The largest absolute Gasteiger partial charge is 0.511 e. The van der Waals surface area contributed by atoms with E-state index in [1.807, 2.05) is 6.92 Å². The highest BCUT2D eigenvalue weighted by molar-refractivity contribution is 6.27. The van der Waals surface area contributed by atoms with Crippen LogP contribution in [0.2, 0.25) is 0 Å². The number of benzene rings is 1. The van der Waals surface area contributed by atoms with Gasteiger partial charge in [-0.15, -0.1) is 0 Å². The lowest BCUT2D eigenvalue weighted by atomic mass is 9.94. The molecule has 0 aliphatic carbocycles. The van der Waals surface area contributed by atoms with Gasteiger partial charge in [0.05, 0.1) is 25.4 Å². The lowest BCUT2D eigenvalue weighted by molar-refractivity contribution is -0.304. The Kier molecular flexibility index (Phi) is 20.0. The molecule has 1 amide bonds. The fourth-order valence-electron chi connectivity index (χ4n) is 6.90. The van der Waals surface area contributed by atoms with E-state index in [4.69, 9.17) is 9.47 Å². The van der Waals surface area contributed by atoms with Crippen LogP contribution in [-0.4, -0.2) is 109 Å². The first kappa shape index (κ1) is 44.5. The van der Waals surface area contributed by atoms with E-state index in [1.54, 1.807) is 12.1 Å². The van der Waals surface area contributed by atoms with Crippen LogP contribution in [0, 0.1) is 5.92 Å². The van der Waals surface area contributed by atoms with Crippen molar-refractivity contribution in [1.82, 2.24) is 5.32 Å². The Morgan fingerprint density at radius 3 is 1.94 bits per heavy atom. The normalized spacial score (nSPS) is 25.3. The van der Waals surface area contributed by atoms with Crippen molar-refractivity contribution < 1.29 is 59.6 Å². The molecular formula is C40H63NO12. The lowest BCUT2D eigenvalue weighted by Crippen LogP contribution is -2.59. The average molecular weight is 750 g/mol. The molecule has 0 saturated carbocycles. The Morgan fingerprint density at radius 2 is 1.36 bits per heavy atom. The third-order valence-electron chi connectivity index (χ3n) is 10.3. The molecule has 0 spiro atoms. The van der Waals surface area contributed by atoms with Crippen molar-refractivity contribution in [3.8, 4) is 5.75 Å². The Labute approximate surface area is 313 Å². The number of ether oxygens (including phenoxy) is 2. The van der Waals surface area contributed by atoms with Crippen molar-refractivity contribution >= 4 is 17.5 Å². The Balaban J connectivity index is 1.12. The topological polar surface area (TPSA) is 223 Å². The Hall–Kier alpha value is -2.91. The maximum absolute atomic E-state index is 12.9. The zero-order valence-electron chi connectivity index (χ0n) is 31.2. The van der Waals surface area contributed by atoms with E-state index in [2.05, 4.69) is 5.32 Å². The number of allylic oxidation sites excluding steroid dienone is 1. The van der Waals surface area contributed by atoms with Crippen LogP contribution in [-0.2, 0) is 30.3 Å². The first-order chi connectivity index (χ1) is 25.4. The van der Waals surface area contributed by atoms with Gasteiger partial charge in [-0.1, -0.05) is 89.7 Å². The number of aliphatic hydroxyl groups excluding tert-OH is 6. The van der Waals surface area contributed by atoms with E-state index in [1.165, 1.54) is 12.1 Å². The van der Waals surface area contributed by atoms with Gasteiger partial charge in [-0.25, -0.2) is 0 Å². The number of hydrogen-bond donors (Lipinski definition) is 8. The molecule has 53 heavy (non-hydrogen) atoms. The van der Waals surface area contributed by atoms with E-state index in [0.717, 1.165) is 89.0 Å². The third kappa shape index (κ3) is 15.0. The van der Waals surface area contributed by atoms with Crippen molar-refractivity contribution in [2.24, 2.45) is 5.92 Å². The summed E-state index contributed by atoms with van der Waals surface area (Å²) < 4.78 is 10.7. The summed E-state index contributed by atoms with van der Waals surface area (Å²) in [6.45, 7) is 1.20. The first-order valence-corrected chi connectivity index (χ1v) is 19.6. The molecule has 2 saturated heterocycles. The predicted molar refractivity (Wildman–Crippen MR) is 197 cm³/mol. The zero-order chi connectivity index (χ0) is 38.8. The van der Waals surface area contributed by atoms with E-state index in [-0.39, 0.29) is 29.6 Å². The van der Waals surface area contributed by atoms with Gasteiger partial charge in [0.1, 0.15) is 47.3 Å². The van der Waals surface area contributed by atoms with Crippen LogP contribution in [0.25, 0.3) is 0 Å². The molecule has 8 N–H and O–H groups in total. The number of amides is 1. The summed E-state index contributed by atoms with van der Waals surface area (Å²) in [5.74, 6) is -0.934. The standard InChI is InChI=1S/C40H63NO12/c1-26(34(46)33-35(47)31(41-39(33)51)23-27-19-21-29(44)22-20-27)15-11-7-5-6-9-13-17-28(43)16-12-8-3-2-4-10-14-18-30(45)25-52-40-38(50)37(49)36(48)32(24-42)53-40/h19-22,26,30-32,36-38,40,42,44-46,48-50H,2-18,23-25H2,1H3,(H,41,51)/b34-33+/t26?,30?,31?,32-,36-,37+,38+,40-/m1/s1. The summed E-state index contributed by atoms with van der Waals surface area (Å²) in [5, 5.41) is 72.0. The SMILES string of the molecule is CC(CCCCCCCCC(=O)CCCCCCCCCC(O)CO[C@@H]1O[C@H](CO)[C@@H](O)[C@H](O)[C@@H]1O)/C(O)=C1\C(=O)NC(Cc2ccc(O)cc2)C1=O. The second-order valence-electron chi connectivity index (χ2n) is 14.8. The monoisotopic (exact) mass is 749 g/mol. The predicted octanol–water partition coefficient (Wildman–Crippen LogP) is 3.83. The number of nitrogens with one attached hydrogen (secondary N) is 1. The molecular weight excluding hydrogens is 686 g/mol. The quantitative estimate of drug-likeness (QED) is 0.0293. The van der Waals surface area contributed by atoms with Crippen LogP contribution >= 0.6 is 0 Å². The number of aliphatic hydroxyl groups is 6. The molecule has 13 nitrogen and oxygen atoms in total. The van der Waals surface area contributed by atoms with E-state index in [0.29, 0.717) is 37.9 Å². The molecule has 300 valence electrons. The van der Waals surface area contributed by atoms with Gasteiger partial charge < -0.3 is 50.5 Å². The van der Waals surface area contributed by atoms with E-state index >= 15 is 0 Å². The van der Waals surface area contributed by atoms with Gasteiger partial charge >= 0.3 is 0 Å². The maximum Gasteiger partial charge on any atom is 0.259 e. The molecule has 0 radical (unpaired) electrons. The summed E-state index contributed by atoms with van der Waals surface area (Å²) >= 11 is 0. The van der Waals surface area contributed by atoms with Crippen molar-refractivity contribution in [2.45, 2.75) is 165 Å². The maximum atomic E-state index is 12.9. The highest BCUT2D eigenvalue weighted by Gasteiger charge is 2.44. The van der Waals surface area contributed by atoms with Crippen molar-refractivity contribution in [3.05, 3.63) is 41.2 Å². The van der Waals surface area contributed by atoms with E-state index in [9.17, 15) is 50.1 Å². The van der Waals surface area contributed by atoms with Crippen molar-refractivity contribution in [1.29, 1.82) is 0 Å². The Morgan fingerprint density at radius 1 is 0.811 bits per heavy atom. The van der Waals surface area contributed by atoms with E-state index < -0.39 is 61.1 Å². The molecule has 2 aliphatic rings. The number of hydrogen-bond acceptors (Lipinski definition) is 12. The number of phenolic OH excluding ortho intramolecular Hbond substituents is 1. The van der Waals surface area contributed by atoms with Gasteiger partial charge in [-0.05, 0) is 43.4 Å². The molecule has 2 aliphatic heterocycles.